The summed E-state index contributed by atoms with van der Waals surface area (Å²) in [6.45, 7) is 1.71. The molecular weight excluding hydrogens is 332 g/mol. The van der Waals surface area contributed by atoms with Crippen LogP contribution in [0.3, 0.4) is 0 Å². The third kappa shape index (κ3) is 3.39. The van der Waals surface area contributed by atoms with Crippen molar-refractivity contribution in [2.24, 2.45) is 0 Å². The fraction of sp³-hybridized carbons (Fsp3) is 0.667. The van der Waals surface area contributed by atoms with E-state index in [0.29, 0.717) is 30.1 Å². The number of halogens is 1. The molecular formula is C12H19BrN2O3S. The van der Waals surface area contributed by atoms with Gasteiger partial charge < -0.3 is 9.73 Å². The normalized spacial score (nSPS) is 18.4. The zero-order valence-electron chi connectivity index (χ0n) is 11.0. The molecule has 1 aromatic rings. The van der Waals surface area contributed by atoms with E-state index in [-0.39, 0.29) is 4.90 Å². The number of sulfonamides is 1. The molecule has 0 atom stereocenters. The number of hydrogen-bond acceptors (Lipinski definition) is 4. The van der Waals surface area contributed by atoms with Crippen molar-refractivity contribution in [3.05, 3.63) is 16.5 Å². The van der Waals surface area contributed by atoms with Crippen LogP contribution in [0.4, 0.5) is 0 Å². The minimum Gasteiger partial charge on any atom is -0.452 e. The summed E-state index contributed by atoms with van der Waals surface area (Å²) >= 11 is 3.21. The Bertz CT molecular complexity index is 519. The highest BCUT2D eigenvalue weighted by Crippen LogP contribution is 2.29. The summed E-state index contributed by atoms with van der Waals surface area (Å²) < 4.78 is 32.5. The molecule has 1 aromatic heterocycles. The van der Waals surface area contributed by atoms with Gasteiger partial charge in [-0.15, -0.1) is 0 Å². The predicted octanol–water partition coefficient (Wildman–Crippen LogP) is 2.33. The van der Waals surface area contributed by atoms with Crippen molar-refractivity contribution in [2.75, 3.05) is 20.1 Å². The van der Waals surface area contributed by atoms with Crippen LogP contribution in [0.15, 0.2) is 20.0 Å². The van der Waals surface area contributed by atoms with Gasteiger partial charge in [0.2, 0.25) is 10.0 Å². The van der Waals surface area contributed by atoms with Crippen molar-refractivity contribution in [1.29, 1.82) is 0 Å². The number of nitrogens with one attached hydrogen (secondary N) is 1. The second-order valence-corrected chi connectivity index (χ2v) is 7.33. The van der Waals surface area contributed by atoms with Crippen LogP contribution in [0.1, 0.15) is 31.4 Å². The summed E-state index contributed by atoms with van der Waals surface area (Å²) in [5.41, 5.74) is 0. The summed E-state index contributed by atoms with van der Waals surface area (Å²) in [5.74, 6) is 0.614. The van der Waals surface area contributed by atoms with Gasteiger partial charge >= 0.3 is 0 Å². The van der Waals surface area contributed by atoms with E-state index in [1.165, 1.54) is 0 Å². The van der Waals surface area contributed by atoms with Gasteiger partial charge in [-0.2, -0.15) is 4.31 Å². The lowest BCUT2D eigenvalue weighted by Crippen LogP contribution is -2.31. The monoisotopic (exact) mass is 350 g/mol. The minimum atomic E-state index is -3.45. The Morgan fingerprint density at radius 2 is 1.95 bits per heavy atom. The summed E-state index contributed by atoms with van der Waals surface area (Å²) in [7, 11) is -1.66. The fourth-order valence-electron chi connectivity index (χ4n) is 2.26. The number of hydrogen-bond donors (Lipinski definition) is 1. The van der Waals surface area contributed by atoms with E-state index in [1.54, 1.807) is 17.4 Å². The molecule has 1 N–H and O–H groups in total. The van der Waals surface area contributed by atoms with Crippen LogP contribution in [0.25, 0.3) is 0 Å². The van der Waals surface area contributed by atoms with Crippen molar-refractivity contribution >= 4 is 26.0 Å². The van der Waals surface area contributed by atoms with Crippen LogP contribution in [-0.2, 0) is 16.6 Å². The molecule has 0 aliphatic carbocycles. The largest absolute Gasteiger partial charge is 0.452 e. The van der Waals surface area contributed by atoms with Crippen LogP contribution in [0, 0.1) is 0 Å². The highest BCUT2D eigenvalue weighted by atomic mass is 79.9. The van der Waals surface area contributed by atoms with Gasteiger partial charge in [0.25, 0.3) is 0 Å². The molecule has 0 unspecified atom stereocenters. The summed E-state index contributed by atoms with van der Waals surface area (Å²) in [6, 6.07) is 1.60. The van der Waals surface area contributed by atoms with Gasteiger partial charge in [-0.3, -0.25) is 0 Å². The molecule has 0 radical (unpaired) electrons. The molecule has 0 bridgehead atoms. The van der Waals surface area contributed by atoms with Crippen molar-refractivity contribution < 1.29 is 12.8 Å². The molecule has 2 heterocycles. The lowest BCUT2D eigenvalue weighted by atomic mass is 10.2. The molecule has 1 aliphatic rings. The van der Waals surface area contributed by atoms with Gasteiger partial charge in [-0.25, -0.2) is 8.42 Å². The molecule has 1 aliphatic heterocycles. The maximum absolute atomic E-state index is 12.6. The quantitative estimate of drug-likeness (QED) is 0.904. The lowest BCUT2D eigenvalue weighted by molar-refractivity contribution is 0.420. The maximum Gasteiger partial charge on any atom is 0.247 e. The van der Waals surface area contributed by atoms with Gasteiger partial charge in [0.1, 0.15) is 10.7 Å². The molecule has 0 spiro atoms. The Kier molecular flexibility index (Phi) is 5.05. The first-order valence-electron chi connectivity index (χ1n) is 6.48. The first kappa shape index (κ1) is 15.0. The van der Waals surface area contributed by atoms with Gasteiger partial charge in [-0.1, -0.05) is 12.8 Å². The molecule has 108 valence electrons. The van der Waals surface area contributed by atoms with Crippen LogP contribution >= 0.6 is 15.9 Å². The van der Waals surface area contributed by atoms with Crippen molar-refractivity contribution in [2.45, 2.75) is 37.1 Å². The highest BCUT2D eigenvalue weighted by Gasteiger charge is 2.29. The van der Waals surface area contributed by atoms with Crippen LogP contribution < -0.4 is 5.32 Å². The third-order valence-corrected chi connectivity index (χ3v) is 6.00. The summed E-state index contributed by atoms with van der Waals surface area (Å²) in [6.07, 6.45) is 4.06. The molecule has 0 amide bonds. The topological polar surface area (TPSA) is 62.6 Å². The van der Waals surface area contributed by atoms with Gasteiger partial charge in [0.05, 0.1) is 6.54 Å². The Morgan fingerprint density at radius 3 is 2.53 bits per heavy atom. The average Bonchev–Trinajstić information content (AvgIpc) is 2.60. The van der Waals surface area contributed by atoms with Crippen molar-refractivity contribution in [1.82, 2.24) is 9.62 Å². The second kappa shape index (κ2) is 6.39. The molecule has 0 saturated carbocycles. The predicted molar refractivity (Wildman–Crippen MR) is 76.4 cm³/mol. The Balaban J connectivity index is 2.27. The van der Waals surface area contributed by atoms with Crippen LogP contribution in [0.2, 0.25) is 0 Å². The second-order valence-electron chi connectivity index (χ2n) is 4.70. The number of rotatable bonds is 4. The summed E-state index contributed by atoms with van der Waals surface area (Å²) in [5, 5.41) is 2.94. The zero-order valence-corrected chi connectivity index (χ0v) is 13.4. The molecule has 0 aromatic carbocycles. The van der Waals surface area contributed by atoms with E-state index in [1.807, 2.05) is 0 Å². The zero-order chi connectivity index (χ0) is 13.9. The average molecular weight is 351 g/mol. The molecule has 1 fully saturated rings. The van der Waals surface area contributed by atoms with Crippen molar-refractivity contribution in [3.63, 3.8) is 0 Å². The van der Waals surface area contributed by atoms with E-state index >= 15 is 0 Å². The molecule has 5 nitrogen and oxygen atoms in total. The van der Waals surface area contributed by atoms with Gasteiger partial charge in [-0.05, 0) is 35.8 Å². The van der Waals surface area contributed by atoms with E-state index in [2.05, 4.69) is 21.2 Å². The summed E-state index contributed by atoms with van der Waals surface area (Å²) in [4.78, 5) is 0.236. The molecule has 7 heteroatoms. The van der Waals surface area contributed by atoms with E-state index in [4.69, 9.17) is 4.42 Å². The Morgan fingerprint density at radius 1 is 1.32 bits per heavy atom. The Labute approximate surface area is 122 Å². The van der Waals surface area contributed by atoms with E-state index < -0.39 is 10.0 Å². The fourth-order valence-corrected chi connectivity index (χ4v) is 4.73. The SMILES string of the molecule is CNCc1cc(S(=O)(=O)N2CCCCCC2)c(Br)o1. The van der Waals surface area contributed by atoms with Crippen LogP contribution in [0.5, 0.6) is 0 Å². The first-order chi connectivity index (χ1) is 9.05. The smallest absolute Gasteiger partial charge is 0.247 e. The lowest BCUT2D eigenvalue weighted by Gasteiger charge is -2.18. The molecule has 2 rings (SSSR count). The highest BCUT2D eigenvalue weighted by molar-refractivity contribution is 9.10. The maximum atomic E-state index is 12.6. The molecule has 19 heavy (non-hydrogen) atoms. The molecule has 1 saturated heterocycles. The Hall–Kier alpha value is -0.370. The number of nitrogens with zero attached hydrogens (tertiary/aromatic N) is 1. The third-order valence-electron chi connectivity index (χ3n) is 3.24. The first-order valence-corrected chi connectivity index (χ1v) is 8.72. The standard InChI is InChI=1S/C12H19BrN2O3S/c1-14-9-10-8-11(12(13)18-10)19(16,17)15-6-4-2-3-5-7-15/h8,14H,2-7,9H2,1H3. The van der Waals surface area contributed by atoms with E-state index in [0.717, 1.165) is 25.7 Å². The minimum absolute atomic E-state index is 0.236. The van der Waals surface area contributed by atoms with Gasteiger partial charge in [0.15, 0.2) is 4.67 Å². The number of furan rings is 1. The van der Waals surface area contributed by atoms with Crippen LogP contribution in [-0.4, -0.2) is 32.9 Å². The van der Waals surface area contributed by atoms with Gasteiger partial charge in [0, 0.05) is 19.2 Å². The van der Waals surface area contributed by atoms with E-state index in [9.17, 15) is 8.42 Å². The van der Waals surface area contributed by atoms with Crippen molar-refractivity contribution in [3.8, 4) is 0 Å².